The molecule has 56 heavy (non-hydrogen) atoms. The molecule has 6 aromatic rings. The lowest BCUT2D eigenvalue weighted by Gasteiger charge is -2.22. The van der Waals surface area contributed by atoms with E-state index < -0.39 is 0 Å². The van der Waals surface area contributed by atoms with Crippen LogP contribution in [0.1, 0.15) is 79.0 Å². The number of pyridine rings is 3. The van der Waals surface area contributed by atoms with Gasteiger partial charge in [-0.25, -0.2) is 9.55 Å². The van der Waals surface area contributed by atoms with E-state index in [-0.39, 0.29) is 27.0 Å². The average molecular weight is 815 g/mol. The zero-order valence-corrected chi connectivity index (χ0v) is 36.3. The van der Waals surface area contributed by atoms with Crippen LogP contribution in [0.2, 0.25) is 15.3 Å². The Morgan fingerprint density at radius 2 is 1.38 bits per heavy atom. The molecule has 0 aliphatic rings. The quantitative estimate of drug-likeness (QED) is 0.0607. The first-order chi connectivity index (χ1) is 26.0. The van der Waals surface area contributed by atoms with E-state index in [1.54, 1.807) is 18.2 Å². The van der Waals surface area contributed by atoms with Crippen LogP contribution in [-0.4, -0.2) is 27.9 Å². The maximum Gasteiger partial charge on any atom is 0.286 e. The smallest absolute Gasteiger partial charge is 0.286 e. The molecule has 0 aliphatic heterocycles. The Labute approximate surface area is 345 Å². The molecule has 2 N–H and O–H groups in total. The third-order valence-electron chi connectivity index (χ3n) is 9.20. The molecule has 0 fully saturated rings. The Kier molecular flexibility index (Phi) is 13.7. The molecule has 9 nitrogen and oxygen atoms in total. The molecule has 0 spiro atoms. The van der Waals surface area contributed by atoms with Crippen molar-refractivity contribution < 1.29 is 9.30 Å². The van der Waals surface area contributed by atoms with Gasteiger partial charge in [-0.3, -0.25) is 15.4 Å². The van der Waals surface area contributed by atoms with Gasteiger partial charge in [0.05, 0.1) is 11.9 Å². The summed E-state index contributed by atoms with van der Waals surface area (Å²) in [5.74, 6) is 0.634. The molecule has 0 radical (unpaired) electrons. The van der Waals surface area contributed by atoms with E-state index in [4.69, 9.17) is 45.6 Å². The molecule has 0 aliphatic carbocycles. The van der Waals surface area contributed by atoms with Crippen LogP contribution in [0, 0.1) is 16.0 Å². The minimum Gasteiger partial charge on any atom is -0.618 e. The molecular weight excluding hydrogens is 763 g/mol. The number of anilines is 2. The fraction of sp³-hybridized carbons (Fsp3) is 0.318. The minimum atomic E-state index is -0.0260. The van der Waals surface area contributed by atoms with Crippen molar-refractivity contribution in [2.24, 2.45) is 7.05 Å². The summed E-state index contributed by atoms with van der Waals surface area (Å²) in [6.07, 6.45) is 6.61. The number of aryl methyl sites for hydroxylation is 1. The number of halogens is 3. The first kappa shape index (κ1) is 43.9. The predicted molar refractivity (Wildman–Crippen MR) is 232 cm³/mol. The molecule has 0 bridgehead atoms. The summed E-state index contributed by atoms with van der Waals surface area (Å²) < 4.78 is 4.25. The Bertz CT molecular complexity index is 2390. The number of benzene rings is 2. The number of fused-ring (bicyclic) bond motifs is 1. The van der Waals surface area contributed by atoms with Gasteiger partial charge in [-0.1, -0.05) is 97.6 Å². The SMILES string of the molecule is CC(C)(C)c1ccc(Cl)[n+]([O-])c1.CC(C)(C)c1ccc(Cl)nc1.CN(c1cccc(-c2ccc(C(C)(C)C)c[n+]2C)c1)c1nc(=N)n(C=N)c2cc(Cl)ccc12. The van der Waals surface area contributed by atoms with Crippen LogP contribution in [0.4, 0.5) is 11.5 Å². The highest BCUT2D eigenvalue weighted by molar-refractivity contribution is 6.31. The molecule has 4 aromatic heterocycles. The number of nitrogens with zero attached hydrogens (tertiary/aromatic N) is 6. The topological polar surface area (TPSA) is 112 Å². The van der Waals surface area contributed by atoms with Crippen molar-refractivity contribution in [2.45, 2.75) is 78.6 Å². The first-order valence-corrected chi connectivity index (χ1v) is 19.3. The highest BCUT2D eigenvalue weighted by Crippen LogP contribution is 2.32. The second kappa shape index (κ2) is 17.5. The highest BCUT2D eigenvalue weighted by Gasteiger charge is 2.21. The molecule has 0 saturated carbocycles. The van der Waals surface area contributed by atoms with Gasteiger partial charge in [-0.2, -0.15) is 9.71 Å². The van der Waals surface area contributed by atoms with Gasteiger partial charge in [0.2, 0.25) is 11.3 Å². The van der Waals surface area contributed by atoms with Crippen LogP contribution in [-0.2, 0) is 23.3 Å². The van der Waals surface area contributed by atoms with E-state index in [9.17, 15) is 5.21 Å². The summed E-state index contributed by atoms with van der Waals surface area (Å²) in [7, 11) is 4.01. The fourth-order valence-electron chi connectivity index (χ4n) is 5.68. The van der Waals surface area contributed by atoms with Gasteiger partial charge >= 0.3 is 0 Å². The van der Waals surface area contributed by atoms with Crippen molar-refractivity contribution in [1.82, 2.24) is 14.5 Å². The maximum atomic E-state index is 11.1. The minimum absolute atomic E-state index is 0.00323. The number of aromatic nitrogens is 5. The van der Waals surface area contributed by atoms with Crippen molar-refractivity contribution in [3.8, 4) is 11.3 Å². The van der Waals surface area contributed by atoms with Gasteiger partial charge in [0.1, 0.15) is 18.0 Å². The number of rotatable bonds is 4. The van der Waals surface area contributed by atoms with E-state index in [2.05, 4.69) is 114 Å². The average Bonchev–Trinajstić information content (AvgIpc) is 3.11. The second-order valence-electron chi connectivity index (χ2n) is 16.6. The molecule has 2 aromatic carbocycles. The molecule has 0 atom stereocenters. The lowest BCUT2D eigenvalue weighted by Crippen LogP contribution is -2.33. The number of nitrogens with one attached hydrogen (secondary N) is 2. The van der Waals surface area contributed by atoms with Gasteiger partial charge in [-0.05, 0) is 88.0 Å². The standard InChI is InChI=1S/C26H28ClN6.C9H12ClNO.C9H12ClN/c1-26(2,3)18-9-12-22(31(4)15-18)17-7-6-8-20(13-17)32(5)24-21-11-10-19(27)14-23(21)33(16-28)25(29)30-24;1-9(2,3)7-4-5-8(10)11(12)6-7;1-9(2,3)7-4-5-8(10)11-6-7/h6-16,28-29H,1-5H3;4-6H,1-3H3;4-6H,1-3H3/q+1;;. The Morgan fingerprint density at radius 3 is 1.93 bits per heavy atom. The zero-order valence-electron chi connectivity index (χ0n) is 34.0. The summed E-state index contributed by atoms with van der Waals surface area (Å²) in [6.45, 7) is 19.2. The molecular formula is C44H52Cl3N8O+. The summed E-state index contributed by atoms with van der Waals surface area (Å²) in [5.41, 5.74) is 7.51. The molecule has 0 amide bonds. The lowest BCUT2D eigenvalue weighted by atomic mass is 9.88. The Hall–Kier alpha value is -4.83. The molecule has 0 saturated heterocycles. The van der Waals surface area contributed by atoms with Crippen molar-refractivity contribution >= 4 is 63.5 Å². The van der Waals surface area contributed by atoms with Gasteiger partial charge < -0.3 is 10.1 Å². The predicted octanol–water partition coefficient (Wildman–Crippen LogP) is 10.5. The van der Waals surface area contributed by atoms with E-state index in [1.165, 1.54) is 21.9 Å². The van der Waals surface area contributed by atoms with Crippen molar-refractivity contribution in [3.05, 3.63) is 140 Å². The summed E-state index contributed by atoms with van der Waals surface area (Å²) in [5, 5.41) is 29.2. The lowest BCUT2D eigenvalue weighted by molar-refractivity contribution is -0.661. The largest absolute Gasteiger partial charge is 0.618 e. The molecule has 12 heteroatoms. The van der Waals surface area contributed by atoms with Crippen LogP contribution in [0.15, 0.2) is 97.5 Å². The summed E-state index contributed by atoms with van der Waals surface area (Å²) >= 11 is 17.4. The normalized spacial score (nSPS) is 11.6. The molecule has 6 rings (SSSR count). The van der Waals surface area contributed by atoms with Crippen LogP contribution < -0.4 is 19.8 Å². The van der Waals surface area contributed by atoms with Crippen molar-refractivity contribution in [2.75, 3.05) is 11.9 Å². The second-order valence-corrected chi connectivity index (χ2v) is 17.8. The summed E-state index contributed by atoms with van der Waals surface area (Å²) in [4.78, 5) is 10.5. The first-order valence-electron chi connectivity index (χ1n) is 18.1. The monoisotopic (exact) mass is 813 g/mol. The molecule has 294 valence electrons. The van der Waals surface area contributed by atoms with E-state index in [1.807, 2.05) is 54.5 Å². The Balaban J connectivity index is 0.000000246. The van der Waals surface area contributed by atoms with E-state index in [0.29, 0.717) is 26.2 Å². The zero-order chi connectivity index (χ0) is 41.7. The van der Waals surface area contributed by atoms with Crippen molar-refractivity contribution in [1.29, 1.82) is 10.8 Å². The van der Waals surface area contributed by atoms with Gasteiger partial charge in [-0.15, -0.1) is 0 Å². The third-order valence-corrected chi connectivity index (χ3v) is 9.95. The summed E-state index contributed by atoms with van der Waals surface area (Å²) in [6, 6.07) is 25.4. The number of hydrogen-bond donors (Lipinski definition) is 2. The van der Waals surface area contributed by atoms with Crippen LogP contribution in [0.3, 0.4) is 0 Å². The van der Waals surface area contributed by atoms with E-state index in [0.717, 1.165) is 34.2 Å². The van der Waals surface area contributed by atoms with Gasteiger partial charge in [0.15, 0.2) is 12.4 Å². The molecule has 4 heterocycles. The van der Waals surface area contributed by atoms with Crippen molar-refractivity contribution in [3.63, 3.8) is 0 Å². The van der Waals surface area contributed by atoms with E-state index >= 15 is 0 Å². The highest BCUT2D eigenvalue weighted by atomic mass is 35.5. The molecule has 0 unspecified atom stereocenters. The van der Waals surface area contributed by atoms with Gasteiger partial charge in [0, 0.05) is 58.2 Å². The van der Waals surface area contributed by atoms with Crippen LogP contribution >= 0.6 is 34.8 Å². The van der Waals surface area contributed by atoms with Crippen LogP contribution in [0.5, 0.6) is 0 Å². The van der Waals surface area contributed by atoms with Crippen LogP contribution in [0.25, 0.3) is 22.2 Å². The Morgan fingerprint density at radius 1 is 0.768 bits per heavy atom. The number of hydrogen-bond acceptors (Lipinski definition) is 6. The third kappa shape index (κ3) is 10.9. The van der Waals surface area contributed by atoms with Gasteiger partial charge in [0.25, 0.3) is 5.15 Å². The maximum absolute atomic E-state index is 11.1. The fourth-order valence-corrected chi connectivity index (χ4v) is 6.07.